The fourth-order valence-electron chi connectivity index (χ4n) is 2.94. The molecule has 0 radical (unpaired) electrons. The maximum Gasteiger partial charge on any atom is 0.233 e. The van der Waals surface area contributed by atoms with Crippen molar-refractivity contribution in [3.8, 4) is 11.4 Å². The van der Waals surface area contributed by atoms with Crippen LogP contribution in [-0.4, -0.2) is 44.4 Å². The third-order valence-corrected chi connectivity index (χ3v) is 6.10. The molecule has 0 bridgehead atoms. The average Bonchev–Trinajstić information content (AvgIpc) is 3.10. The van der Waals surface area contributed by atoms with Gasteiger partial charge in [0.15, 0.2) is 11.0 Å². The van der Waals surface area contributed by atoms with E-state index in [1.54, 1.807) is 0 Å². The molecule has 0 aliphatic heterocycles. The number of amides is 1. The van der Waals surface area contributed by atoms with E-state index in [0.29, 0.717) is 12.3 Å². The summed E-state index contributed by atoms with van der Waals surface area (Å²) in [5.41, 5.74) is 2.14. The molecular formula is C21H23BrN4OS. The molecule has 146 valence electrons. The van der Waals surface area contributed by atoms with Crippen LogP contribution in [0.25, 0.3) is 11.4 Å². The Morgan fingerprint density at radius 2 is 1.71 bits per heavy atom. The number of hydrogen-bond donors (Lipinski definition) is 0. The fourth-order valence-corrected chi connectivity index (χ4v) is 4.24. The molecule has 0 aliphatic carbocycles. The summed E-state index contributed by atoms with van der Waals surface area (Å²) in [5.74, 6) is 1.26. The second-order valence-electron chi connectivity index (χ2n) is 6.21. The molecule has 0 atom stereocenters. The van der Waals surface area contributed by atoms with Gasteiger partial charge in [0.1, 0.15) is 0 Å². The van der Waals surface area contributed by atoms with Crippen LogP contribution in [0.15, 0.2) is 64.2 Å². The van der Waals surface area contributed by atoms with Gasteiger partial charge in [0.25, 0.3) is 0 Å². The first-order chi connectivity index (χ1) is 13.6. The Labute approximate surface area is 178 Å². The van der Waals surface area contributed by atoms with Crippen molar-refractivity contribution in [3.05, 3.63) is 64.6 Å². The lowest BCUT2D eigenvalue weighted by molar-refractivity contribution is -0.127. The Morgan fingerprint density at radius 1 is 1.04 bits per heavy atom. The average molecular weight is 459 g/mol. The van der Waals surface area contributed by atoms with E-state index in [2.05, 4.69) is 42.8 Å². The van der Waals surface area contributed by atoms with Crippen LogP contribution in [0.4, 0.5) is 0 Å². The number of halogens is 1. The molecule has 1 aromatic heterocycles. The van der Waals surface area contributed by atoms with Crippen LogP contribution in [0.2, 0.25) is 0 Å². The second kappa shape index (κ2) is 9.89. The van der Waals surface area contributed by atoms with Crippen LogP contribution in [0, 0.1) is 0 Å². The van der Waals surface area contributed by atoms with Crippen molar-refractivity contribution in [2.24, 2.45) is 0 Å². The Morgan fingerprint density at radius 3 is 2.39 bits per heavy atom. The Bertz CT molecular complexity index is 925. The van der Waals surface area contributed by atoms with Gasteiger partial charge >= 0.3 is 0 Å². The number of hydrogen-bond acceptors (Lipinski definition) is 4. The highest BCUT2D eigenvalue weighted by Gasteiger charge is 2.18. The molecule has 0 aliphatic rings. The van der Waals surface area contributed by atoms with Crippen LogP contribution in [-0.2, 0) is 11.3 Å². The zero-order valence-electron chi connectivity index (χ0n) is 16.0. The summed E-state index contributed by atoms with van der Waals surface area (Å²) in [6.45, 7) is 6.07. The molecule has 2 aromatic carbocycles. The molecule has 0 fully saturated rings. The first-order valence-electron chi connectivity index (χ1n) is 9.26. The highest BCUT2D eigenvalue weighted by atomic mass is 79.9. The number of rotatable bonds is 8. The lowest BCUT2D eigenvalue weighted by Crippen LogP contribution is -2.31. The molecule has 5 nitrogen and oxygen atoms in total. The topological polar surface area (TPSA) is 51.0 Å². The number of carbonyl (C=O) groups excluding carboxylic acids is 1. The number of aromatic nitrogens is 3. The summed E-state index contributed by atoms with van der Waals surface area (Å²) in [4.78, 5) is 14.3. The summed E-state index contributed by atoms with van der Waals surface area (Å²) in [5, 5.41) is 9.59. The van der Waals surface area contributed by atoms with Crippen LogP contribution < -0.4 is 0 Å². The van der Waals surface area contributed by atoms with Crippen molar-refractivity contribution in [2.75, 3.05) is 18.8 Å². The number of carbonyl (C=O) groups is 1. The van der Waals surface area contributed by atoms with Gasteiger partial charge in [-0.25, -0.2) is 0 Å². The summed E-state index contributed by atoms with van der Waals surface area (Å²) in [7, 11) is 0. The van der Waals surface area contributed by atoms with Crippen LogP contribution in [0.3, 0.4) is 0 Å². The minimum atomic E-state index is 0.117. The van der Waals surface area contributed by atoms with E-state index in [4.69, 9.17) is 0 Å². The molecular weight excluding hydrogens is 436 g/mol. The lowest BCUT2D eigenvalue weighted by Gasteiger charge is -2.18. The molecule has 0 saturated carbocycles. The Hall–Kier alpha value is -2.12. The van der Waals surface area contributed by atoms with Crippen LogP contribution in [0.1, 0.15) is 19.4 Å². The van der Waals surface area contributed by atoms with Crippen molar-refractivity contribution in [1.29, 1.82) is 0 Å². The normalized spacial score (nSPS) is 10.8. The minimum Gasteiger partial charge on any atom is -0.343 e. The summed E-state index contributed by atoms with van der Waals surface area (Å²) in [6, 6.07) is 18.2. The second-order valence-corrected chi connectivity index (χ2v) is 8.01. The largest absolute Gasteiger partial charge is 0.343 e. The van der Waals surface area contributed by atoms with Gasteiger partial charge in [-0.3, -0.25) is 9.36 Å². The highest BCUT2D eigenvalue weighted by Crippen LogP contribution is 2.30. The molecule has 7 heteroatoms. The van der Waals surface area contributed by atoms with E-state index in [9.17, 15) is 4.79 Å². The fraction of sp³-hybridized carbons (Fsp3) is 0.286. The van der Waals surface area contributed by atoms with E-state index in [1.807, 2.05) is 61.2 Å². The number of thioether (sulfide) groups is 1. The van der Waals surface area contributed by atoms with Gasteiger partial charge in [-0.1, -0.05) is 76.2 Å². The summed E-state index contributed by atoms with van der Waals surface area (Å²) in [6.07, 6.45) is 0. The van der Waals surface area contributed by atoms with Gasteiger partial charge in [0.2, 0.25) is 5.91 Å². The molecule has 0 N–H and O–H groups in total. The number of nitrogens with zero attached hydrogens (tertiary/aromatic N) is 4. The minimum absolute atomic E-state index is 0.117. The SMILES string of the molecule is CCN(CC)C(=O)CSc1nnc(-c2ccccc2Br)n1Cc1ccccc1. The first-order valence-corrected chi connectivity index (χ1v) is 11.0. The molecule has 3 rings (SSSR count). The van der Waals surface area contributed by atoms with Crippen molar-refractivity contribution >= 4 is 33.6 Å². The lowest BCUT2D eigenvalue weighted by atomic mass is 10.2. The van der Waals surface area contributed by atoms with E-state index >= 15 is 0 Å². The molecule has 0 spiro atoms. The van der Waals surface area contributed by atoms with E-state index in [-0.39, 0.29) is 5.91 Å². The van der Waals surface area contributed by atoms with Gasteiger partial charge in [-0.2, -0.15) is 0 Å². The maximum absolute atomic E-state index is 12.4. The predicted octanol–water partition coefficient (Wildman–Crippen LogP) is 4.72. The highest BCUT2D eigenvalue weighted by molar-refractivity contribution is 9.10. The Kier molecular flexibility index (Phi) is 7.28. The smallest absolute Gasteiger partial charge is 0.233 e. The molecule has 0 unspecified atom stereocenters. The predicted molar refractivity (Wildman–Crippen MR) is 117 cm³/mol. The third-order valence-electron chi connectivity index (χ3n) is 4.46. The molecule has 3 aromatic rings. The summed E-state index contributed by atoms with van der Waals surface area (Å²) < 4.78 is 3.04. The van der Waals surface area contributed by atoms with Gasteiger partial charge in [0.05, 0.1) is 12.3 Å². The molecule has 0 saturated heterocycles. The van der Waals surface area contributed by atoms with Gasteiger partial charge < -0.3 is 4.90 Å². The van der Waals surface area contributed by atoms with Gasteiger partial charge in [-0.05, 0) is 25.5 Å². The Balaban J connectivity index is 1.91. The zero-order valence-corrected chi connectivity index (χ0v) is 18.4. The monoisotopic (exact) mass is 458 g/mol. The molecule has 1 amide bonds. The van der Waals surface area contributed by atoms with E-state index < -0.39 is 0 Å². The van der Waals surface area contributed by atoms with Crippen LogP contribution in [0.5, 0.6) is 0 Å². The van der Waals surface area contributed by atoms with Crippen molar-refractivity contribution < 1.29 is 4.79 Å². The number of benzene rings is 2. The van der Waals surface area contributed by atoms with E-state index in [1.165, 1.54) is 11.8 Å². The standard InChI is InChI=1S/C21H23BrN4OS/c1-3-25(4-2)19(27)15-28-21-24-23-20(17-12-8-9-13-18(17)22)26(21)14-16-10-6-5-7-11-16/h5-13H,3-4,14-15H2,1-2H3. The third kappa shape index (κ3) is 4.83. The maximum atomic E-state index is 12.4. The van der Waals surface area contributed by atoms with E-state index in [0.717, 1.165) is 39.7 Å². The van der Waals surface area contributed by atoms with Gasteiger partial charge in [0, 0.05) is 23.1 Å². The van der Waals surface area contributed by atoms with Crippen molar-refractivity contribution in [3.63, 3.8) is 0 Å². The first kappa shape index (κ1) is 20.6. The van der Waals surface area contributed by atoms with Gasteiger partial charge in [-0.15, -0.1) is 10.2 Å². The van der Waals surface area contributed by atoms with Crippen molar-refractivity contribution in [2.45, 2.75) is 25.5 Å². The molecule has 28 heavy (non-hydrogen) atoms. The summed E-state index contributed by atoms with van der Waals surface area (Å²) >= 11 is 5.05. The zero-order chi connectivity index (χ0) is 19.9. The molecule has 1 heterocycles. The van der Waals surface area contributed by atoms with Crippen molar-refractivity contribution in [1.82, 2.24) is 19.7 Å². The van der Waals surface area contributed by atoms with Crippen LogP contribution >= 0.6 is 27.7 Å². The quantitative estimate of drug-likeness (QED) is 0.458.